The van der Waals surface area contributed by atoms with Crippen LogP contribution in [0.4, 0.5) is 11.4 Å². The summed E-state index contributed by atoms with van der Waals surface area (Å²) in [6.07, 6.45) is 0.776. The first-order valence-corrected chi connectivity index (χ1v) is 6.77. The second-order valence-corrected chi connectivity index (χ2v) is 5.18. The minimum atomic E-state index is -0.536. The van der Waals surface area contributed by atoms with E-state index in [0.717, 1.165) is 13.0 Å². The van der Waals surface area contributed by atoms with Gasteiger partial charge in [0.05, 0.1) is 4.92 Å². The highest BCUT2D eigenvalue weighted by atomic mass is 16.6. The van der Waals surface area contributed by atoms with E-state index in [2.05, 4.69) is 10.6 Å². The average Bonchev–Trinajstić information content (AvgIpc) is 2.43. The Morgan fingerprint density at radius 2 is 2.10 bits per heavy atom. The van der Waals surface area contributed by atoms with Crippen molar-refractivity contribution in [3.63, 3.8) is 0 Å². The molecule has 0 fully saturated rings. The lowest BCUT2D eigenvalue weighted by molar-refractivity contribution is -0.384. The SMILES string of the molecule is CNc1cccc(C(=O)NC(C)CCN(C)C)c1[N+](=O)[O-]. The van der Waals surface area contributed by atoms with Crippen LogP contribution in [-0.4, -0.2) is 49.5 Å². The second-order valence-electron chi connectivity index (χ2n) is 5.18. The van der Waals surface area contributed by atoms with Crippen LogP contribution >= 0.6 is 0 Å². The van der Waals surface area contributed by atoms with Crippen LogP contribution in [0.1, 0.15) is 23.7 Å². The van der Waals surface area contributed by atoms with E-state index >= 15 is 0 Å². The van der Waals surface area contributed by atoms with Crippen LogP contribution in [0.5, 0.6) is 0 Å². The van der Waals surface area contributed by atoms with Crippen molar-refractivity contribution in [2.45, 2.75) is 19.4 Å². The quantitative estimate of drug-likeness (QED) is 0.590. The van der Waals surface area contributed by atoms with Crippen molar-refractivity contribution >= 4 is 17.3 Å². The number of anilines is 1. The van der Waals surface area contributed by atoms with Crippen LogP contribution < -0.4 is 10.6 Å². The van der Waals surface area contributed by atoms with Gasteiger partial charge >= 0.3 is 5.69 Å². The summed E-state index contributed by atoms with van der Waals surface area (Å²) >= 11 is 0. The summed E-state index contributed by atoms with van der Waals surface area (Å²) in [5, 5.41) is 16.7. The zero-order chi connectivity index (χ0) is 16.0. The number of carbonyl (C=O) groups is 1. The first kappa shape index (κ1) is 16.9. The molecule has 0 aliphatic rings. The van der Waals surface area contributed by atoms with E-state index in [-0.39, 0.29) is 17.3 Å². The molecular weight excluding hydrogens is 272 g/mol. The molecule has 0 aliphatic carbocycles. The van der Waals surface area contributed by atoms with Crippen molar-refractivity contribution in [2.75, 3.05) is 33.0 Å². The van der Waals surface area contributed by atoms with E-state index in [1.807, 2.05) is 25.9 Å². The van der Waals surface area contributed by atoms with Crippen molar-refractivity contribution in [3.05, 3.63) is 33.9 Å². The minimum Gasteiger partial charge on any atom is -0.383 e. The Hall–Kier alpha value is -2.15. The second kappa shape index (κ2) is 7.58. The fourth-order valence-electron chi connectivity index (χ4n) is 1.95. The lowest BCUT2D eigenvalue weighted by atomic mass is 10.1. The number of hydrogen-bond donors (Lipinski definition) is 2. The van der Waals surface area contributed by atoms with E-state index in [9.17, 15) is 14.9 Å². The highest BCUT2D eigenvalue weighted by molar-refractivity contribution is 6.00. The van der Waals surface area contributed by atoms with Gasteiger partial charge in [-0.15, -0.1) is 0 Å². The fourth-order valence-corrected chi connectivity index (χ4v) is 1.95. The number of nitro benzene ring substituents is 1. The summed E-state index contributed by atoms with van der Waals surface area (Å²) < 4.78 is 0. The van der Waals surface area contributed by atoms with Gasteiger partial charge in [0.15, 0.2) is 0 Å². The van der Waals surface area contributed by atoms with E-state index in [0.29, 0.717) is 5.69 Å². The monoisotopic (exact) mass is 294 g/mol. The van der Waals surface area contributed by atoms with E-state index in [4.69, 9.17) is 0 Å². The molecule has 1 amide bonds. The van der Waals surface area contributed by atoms with E-state index < -0.39 is 10.8 Å². The van der Waals surface area contributed by atoms with Crippen LogP contribution in [0.15, 0.2) is 18.2 Å². The average molecular weight is 294 g/mol. The molecule has 1 unspecified atom stereocenters. The van der Waals surface area contributed by atoms with Gasteiger partial charge in [0.2, 0.25) is 0 Å². The number of carbonyl (C=O) groups excluding carboxylic acids is 1. The van der Waals surface area contributed by atoms with Crippen LogP contribution in [0.2, 0.25) is 0 Å². The highest BCUT2D eigenvalue weighted by Gasteiger charge is 2.24. The standard InChI is InChI=1S/C14H22N4O3/c1-10(8-9-17(3)4)16-14(19)11-6-5-7-12(15-2)13(11)18(20)21/h5-7,10,15H,8-9H2,1-4H3,(H,16,19). The van der Waals surface area contributed by atoms with E-state index in [1.54, 1.807) is 19.2 Å². The minimum absolute atomic E-state index is 0.0576. The van der Waals surface area contributed by atoms with Crippen molar-refractivity contribution < 1.29 is 9.72 Å². The van der Waals surface area contributed by atoms with Gasteiger partial charge in [-0.3, -0.25) is 14.9 Å². The molecule has 1 aromatic rings. The summed E-state index contributed by atoms with van der Waals surface area (Å²) in [5.41, 5.74) is 0.203. The number of benzene rings is 1. The number of amides is 1. The normalized spacial score (nSPS) is 12.0. The van der Waals surface area contributed by atoms with Crippen LogP contribution in [0, 0.1) is 10.1 Å². The van der Waals surface area contributed by atoms with Gasteiger partial charge in [-0.2, -0.15) is 0 Å². The van der Waals surface area contributed by atoms with Gasteiger partial charge in [0, 0.05) is 13.1 Å². The molecule has 7 nitrogen and oxygen atoms in total. The largest absolute Gasteiger partial charge is 0.383 e. The van der Waals surface area contributed by atoms with Crippen molar-refractivity contribution in [2.24, 2.45) is 0 Å². The van der Waals surface area contributed by atoms with Crippen molar-refractivity contribution in [1.82, 2.24) is 10.2 Å². The smallest absolute Gasteiger partial charge is 0.305 e. The maximum absolute atomic E-state index is 12.2. The van der Waals surface area contributed by atoms with Gasteiger partial charge < -0.3 is 15.5 Å². The molecule has 0 heterocycles. The first-order chi connectivity index (χ1) is 9.86. The van der Waals surface area contributed by atoms with Gasteiger partial charge in [0.25, 0.3) is 5.91 Å². The Morgan fingerprint density at radius 3 is 2.62 bits per heavy atom. The van der Waals surface area contributed by atoms with Crippen molar-refractivity contribution in [3.8, 4) is 0 Å². The lowest BCUT2D eigenvalue weighted by Gasteiger charge is -2.17. The van der Waals surface area contributed by atoms with Crippen LogP contribution in [-0.2, 0) is 0 Å². The third kappa shape index (κ3) is 4.71. The highest BCUT2D eigenvalue weighted by Crippen LogP contribution is 2.28. The predicted molar refractivity (Wildman–Crippen MR) is 82.7 cm³/mol. The molecule has 0 radical (unpaired) electrons. The maximum Gasteiger partial charge on any atom is 0.305 e. The van der Waals surface area contributed by atoms with Gasteiger partial charge in [-0.25, -0.2) is 0 Å². The molecule has 0 bridgehead atoms. The Labute approximate surface area is 124 Å². The van der Waals surface area contributed by atoms with Crippen LogP contribution in [0.3, 0.4) is 0 Å². The molecule has 0 saturated carbocycles. The fraction of sp³-hybridized carbons (Fsp3) is 0.500. The number of hydrogen-bond acceptors (Lipinski definition) is 5. The molecule has 116 valence electrons. The predicted octanol–water partition coefficient (Wildman–Crippen LogP) is 1.71. The zero-order valence-electron chi connectivity index (χ0n) is 12.8. The van der Waals surface area contributed by atoms with Gasteiger partial charge in [-0.1, -0.05) is 6.07 Å². The molecule has 1 atom stereocenters. The summed E-state index contributed by atoms with van der Waals surface area (Å²) in [6, 6.07) is 4.60. The molecule has 21 heavy (non-hydrogen) atoms. The molecule has 7 heteroatoms. The van der Waals surface area contributed by atoms with Gasteiger partial charge in [0.1, 0.15) is 11.3 Å². The summed E-state index contributed by atoms with van der Waals surface area (Å²) in [7, 11) is 5.50. The number of nitro groups is 1. The first-order valence-electron chi connectivity index (χ1n) is 6.77. The Bertz CT molecular complexity index is 517. The number of nitrogens with zero attached hydrogens (tertiary/aromatic N) is 2. The Balaban J connectivity index is 2.90. The Kier molecular flexibility index (Phi) is 6.10. The molecule has 0 saturated heterocycles. The molecule has 0 aliphatic heterocycles. The Morgan fingerprint density at radius 1 is 1.43 bits per heavy atom. The number of para-hydroxylation sites is 1. The molecular formula is C14H22N4O3. The molecule has 2 N–H and O–H groups in total. The number of nitrogens with one attached hydrogen (secondary N) is 2. The molecule has 1 aromatic carbocycles. The summed E-state index contributed by atoms with van der Waals surface area (Å²) in [6.45, 7) is 2.72. The van der Waals surface area contributed by atoms with E-state index in [1.165, 1.54) is 6.07 Å². The molecule has 0 aromatic heterocycles. The third-order valence-corrected chi connectivity index (χ3v) is 3.12. The molecule has 0 spiro atoms. The summed E-state index contributed by atoms with van der Waals surface area (Å²) in [4.78, 5) is 24.9. The zero-order valence-corrected chi connectivity index (χ0v) is 12.8. The lowest BCUT2D eigenvalue weighted by Crippen LogP contribution is -2.35. The topological polar surface area (TPSA) is 87.5 Å². The van der Waals surface area contributed by atoms with Gasteiger partial charge in [-0.05, 0) is 46.1 Å². The van der Waals surface area contributed by atoms with Crippen molar-refractivity contribution in [1.29, 1.82) is 0 Å². The number of rotatable bonds is 7. The van der Waals surface area contributed by atoms with Crippen LogP contribution in [0.25, 0.3) is 0 Å². The maximum atomic E-state index is 12.2. The summed E-state index contributed by atoms with van der Waals surface area (Å²) in [5.74, 6) is -0.426. The molecule has 1 rings (SSSR count). The third-order valence-electron chi connectivity index (χ3n) is 3.12.